The number of halogens is 3. The van der Waals surface area contributed by atoms with Gasteiger partial charge in [0.2, 0.25) is 15.9 Å². The van der Waals surface area contributed by atoms with Crippen LogP contribution in [0, 0.1) is 0 Å². The number of fused-ring (bicyclic) bond motifs is 1. The van der Waals surface area contributed by atoms with E-state index in [9.17, 15) is 26.4 Å². The summed E-state index contributed by atoms with van der Waals surface area (Å²) in [6.07, 6.45) is -3.55. The summed E-state index contributed by atoms with van der Waals surface area (Å²) in [5, 5.41) is 12.3. The average Bonchev–Trinajstić information content (AvgIpc) is 3.51. The van der Waals surface area contributed by atoms with Crippen LogP contribution in [0.1, 0.15) is 24.0 Å². The van der Waals surface area contributed by atoms with E-state index in [1.807, 2.05) is 30.3 Å². The zero-order chi connectivity index (χ0) is 30.9. The van der Waals surface area contributed by atoms with Crippen LogP contribution in [-0.2, 0) is 26.0 Å². The minimum Gasteiger partial charge on any atom is -0.475 e. The van der Waals surface area contributed by atoms with Crippen molar-refractivity contribution in [3.63, 3.8) is 0 Å². The number of sulfonamides is 1. The van der Waals surface area contributed by atoms with Crippen LogP contribution in [0.25, 0.3) is 10.8 Å². The third-order valence-corrected chi connectivity index (χ3v) is 8.45. The number of rotatable bonds is 10. The highest BCUT2D eigenvalue weighted by molar-refractivity contribution is 7.89. The molecular formula is C29H33F3N4O5S. The molecule has 3 aromatic carbocycles. The largest absolute Gasteiger partial charge is 0.490 e. The van der Waals surface area contributed by atoms with Crippen LogP contribution in [0.15, 0.2) is 76.6 Å². The molecule has 4 rings (SSSR count). The van der Waals surface area contributed by atoms with Gasteiger partial charge in [-0.15, -0.1) is 0 Å². The zero-order valence-electron chi connectivity index (χ0n) is 23.3. The second-order valence-corrected chi connectivity index (χ2v) is 11.7. The number of aliphatic imine (C=N–C) groups is 1. The molecule has 0 radical (unpaired) electrons. The van der Waals surface area contributed by atoms with Crippen LogP contribution in [0.5, 0.6) is 0 Å². The monoisotopic (exact) mass is 606 g/mol. The van der Waals surface area contributed by atoms with Crippen LogP contribution in [-0.4, -0.2) is 86.9 Å². The van der Waals surface area contributed by atoms with E-state index in [-0.39, 0.29) is 17.3 Å². The van der Waals surface area contributed by atoms with Gasteiger partial charge in [-0.05, 0) is 41.3 Å². The van der Waals surface area contributed by atoms with Gasteiger partial charge in [0.1, 0.15) is 5.84 Å². The van der Waals surface area contributed by atoms with Crippen molar-refractivity contribution in [2.75, 3.05) is 40.3 Å². The van der Waals surface area contributed by atoms with Gasteiger partial charge in [-0.2, -0.15) is 13.2 Å². The Morgan fingerprint density at radius 3 is 2.21 bits per heavy atom. The molecule has 0 aromatic heterocycles. The van der Waals surface area contributed by atoms with Crippen LogP contribution in [0.4, 0.5) is 13.2 Å². The summed E-state index contributed by atoms with van der Waals surface area (Å²) < 4.78 is 59.0. The lowest BCUT2D eigenvalue weighted by atomic mass is 10.1. The molecule has 1 aliphatic rings. The third kappa shape index (κ3) is 9.02. The first-order chi connectivity index (χ1) is 19.8. The second kappa shape index (κ2) is 14.3. The van der Waals surface area contributed by atoms with Gasteiger partial charge in [-0.1, -0.05) is 54.6 Å². The molecule has 42 heavy (non-hydrogen) atoms. The van der Waals surface area contributed by atoms with Crippen LogP contribution < -0.4 is 5.32 Å². The number of amides is 1. The van der Waals surface area contributed by atoms with Crippen LogP contribution in [0.2, 0.25) is 0 Å². The summed E-state index contributed by atoms with van der Waals surface area (Å²) in [6, 6.07) is 21.1. The normalized spacial score (nSPS) is 13.2. The maximum Gasteiger partial charge on any atom is 0.490 e. The number of nitrogens with one attached hydrogen (secondary N) is 1. The maximum atomic E-state index is 13.0. The standard InChI is InChI=1S/C27H32N4O3S.C2HF3O2/c1-30(19-15-21-9-11-23(12-10-21)27-28-16-17-29-27)26(32)8-5-18-31(2)35(33,34)25-14-13-22-6-3-4-7-24(22)20-25;3-2(4,5)1(6)7/h3-4,6-7,9-14,20H,5,8,15-19H2,1-2H3,(H,28,29);(H,6,7). The average molecular weight is 607 g/mol. The lowest BCUT2D eigenvalue weighted by molar-refractivity contribution is -0.192. The van der Waals surface area contributed by atoms with Gasteiger partial charge < -0.3 is 15.3 Å². The highest BCUT2D eigenvalue weighted by Gasteiger charge is 2.38. The molecule has 3 aromatic rings. The molecule has 0 fully saturated rings. The Labute approximate surface area is 242 Å². The molecule has 1 aliphatic heterocycles. The Hall–Kier alpha value is -3.97. The number of aliphatic carboxylic acids is 1. The quantitative estimate of drug-likeness (QED) is 0.361. The van der Waals surface area contributed by atoms with E-state index in [1.54, 1.807) is 31.1 Å². The molecule has 2 N–H and O–H groups in total. The summed E-state index contributed by atoms with van der Waals surface area (Å²) in [7, 11) is -0.250. The topological polar surface area (TPSA) is 119 Å². The Balaban J connectivity index is 0.000000616. The SMILES string of the molecule is CN(CCc1ccc(C2=NCCN2)cc1)C(=O)CCCN(C)S(=O)(=O)c1ccc2ccccc2c1.O=C(O)C(F)(F)F. The maximum absolute atomic E-state index is 13.0. The van der Waals surface area contributed by atoms with Gasteiger partial charge in [0.25, 0.3) is 0 Å². The number of hydrogen-bond acceptors (Lipinski definition) is 6. The molecular weight excluding hydrogens is 573 g/mol. The first-order valence-corrected chi connectivity index (χ1v) is 14.6. The highest BCUT2D eigenvalue weighted by atomic mass is 32.2. The van der Waals surface area contributed by atoms with Gasteiger partial charge in [0, 0.05) is 45.7 Å². The molecule has 1 amide bonds. The number of carbonyl (C=O) groups is 2. The molecule has 0 saturated carbocycles. The van der Waals surface area contributed by atoms with E-state index < -0.39 is 22.2 Å². The Morgan fingerprint density at radius 1 is 0.976 bits per heavy atom. The van der Waals surface area contributed by atoms with Crippen molar-refractivity contribution >= 4 is 38.5 Å². The van der Waals surface area contributed by atoms with Gasteiger partial charge in [-0.25, -0.2) is 17.5 Å². The van der Waals surface area contributed by atoms with Crippen molar-refractivity contribution in [2.45, 2.75) is 30.3 Å². The molecule has 0 aliphatic carbocycles. The number of carboxylic acids is 1. The van der Waals surface area contributed by atoms with Gasteiger partial charge in [0.05, 0.1) is 11.4 Å². The van der Waals surface area contributed by atoms with Crippen molar-refractivity contribution in [3.05, 3.63) is 77.9 Å². The zero-order valence-corrected chi connectivity index (χ0v) is 24.1. The molecule has 0 unspecified atom stereocenters. The Morgan fingerprint density at radius 2 is 1.62 bits per heavy atom. The number of amidine groups is 1. The fourth-order valence-electron chi connectivity index (χ4n) is 4.11. The molecule has 13 heteroatoms. The molecule has 226 valence electrons. The Bertz CT molecular complexity index is 1530. The predicted octanol–water partition coefficient (Wildman–Crippen LogP) is 3.92. The summed E-state index contributed by atoms with van der Waals surface area (Å²) >= 11 is 0. The number of carboxylic acid groups (broad SMARTS) is 1. The van der Waals surface area contributed by atoms with Crippen LogP contribution in [0.3, 0.4) is 0 Å². The summed E-state index contributed by atoms with van der Waals surface area (Å²) in [5.74, 6) is -1.80. The predicted molar refractivity (Wildman–Crippen MR) is 154 cm³/mol. The Kier molecular flexibility index (Phi) is 11.1. The fourth-order valence-corrected chi connectivity index (χ4v) is 5.36. The molecule has 0 saturated heterocycles. The molecule has 9 nitrogen and oxygen atoms in total. The lowest BCUT2D eigenvalue weighted by Gasteiger charge is -2.20. The molecule has 0 spiro atoms. The van der Waals surface area contributed by atoms with E-state index in [0.717, 1.165) is 47.2 Å². The highest BCUT2D eigenvalue weighted by Crippen LogP contribution is 2.21. The molecule has 0 atom stereocenters. The summed E-state index contributed by atoms with van der Waals surface area (Å²) in [6.45, 7) is 2.60. The number of alkyl halides is 3. The van der Waals surface area contributed by atoms with Crippen molar-refractivity contribution in [3.8, 4) is 0 Å². The van der Waals surface area contributed by atoms with E-state index >= 15 is 0 Å². The van der Waals surface area contributed by atoms with Crippen molar-refractivity contribution < 1.29 is 36.3 Å². The fraction of sp³-hybridized carbons (Fsp3) is 0.345. The minimum absolute atomic E-state index is 0.0163. The van der Waals surface area contributed by atoms with Crippen LogP contribution >= 0.6 is 0 Å². The van der Waals surface area contributed by atoms with E-state index in [2.05, 4.69) is 34.6 Å². The number of likely N-dealkylation sites (N-methyl/N-ethyl adjacent to an activating group) is 1. The van der Waals surface area contributed by atoms with E-state index in [1.165, 1.54) is 4.31 Å². The summed E-state index contributed by atoms with van der Waals surface area (Å²) in [5.41, 5.74) is 2.24. The molecule has 1 heterocycles. The van der Waals surface area contributed by atoms with Gasteiger partial charge in [0.15, 0.2) is 0 Å². The van der Waals surface area contributed by atoms with Crippen molar-refractivity contribution in [1.29, 1.82) is 0 Å². The first kappa shape index (κ1) is 32.5. The third-order valence-electron chi connectivity index (χ3n) is 6.60. The number of nitrogens with zero attached hydrogens (tertiary/aromatic N) is 3. The number of carbonyl (C=O) groups excluding carboxylic acids is 1. The first-order valence-electron chi connectivity index (χ1n) is 13.2. The van der Waals surface area contributed by atoms with E-state index in [4.69, 9.17) is 9.90 Å². The minimum atomic E-state index is -5.08. The number of benzene rings is 3. The lowest BCUT2D eigenvalue weighted by Crippen LogP contribution is -2.31. The van der Waals surface area contributed by atoms with E-state index in [0.29, 0.717) is 19.4 Å². The smallest absolute Gasteiger partial charge is 0.475 e. The number of hydrogen-bond donors (Lipinski definition) is 2. The second-order valence-electron chi connectivity index (χ2n) is 9.66. The summed E-state index contributed by atoms with van der Waals surface area (Å²) in [4.78, 5) is 27.9. The molecule has 0 bridgehead atoms. The van der Waals surface area contributed by atoms with Gasteiger partial charge >= 0.3 is 12.1 Å². The van der Waals surface area contributed by atoms with Gasteiger partial charge in [-0.3, -0.25) is 9.79 Å². The van der Waals surface area contributed by atoms with Crippen molar-refractivity contribution in [1.82, 2.24) is 14.5 Å². The van der Waals surface area contributed by atoms with Crippen molar-refractivity contribution in [2.24, 2.45) is 4.99 Å².